The summed E-state index contributed by atoms with van der Waals surface area (Å²) in [6.45, 7) is 6.44. The lowest BCUT2D eigenvalue weighted by Crippen LogP contribution is -2.44. The molecule has 0 bridgehead atoms. The Hall–Kier alpha value is -1.07. The topological polar surface area (TPSA) is 55.4 Å². The molecule has 0 spiro atoms. The first-order chi connectivity index (χ1) is 8.01. The van der Waals surface area contributed by atoms with E-state index < -0.39 is 15.1 Å². The van der Waals surface area contributed by atoms with Crippen LogP contribution in [0.5, 0.6) is 0 Å². The fourth-order valence-electron chi connectivity index (χ4n) is 1.70. The van der Waals surface area contributed by atoms with Crippen molar-refractivity contribution in [3.63, 3.8) is 0 Å². The Labute approximate surface area is 103 Å². The predicted molar refractivity (Wildman–Crippen MR) is 69.5 cm³/mol. The van der Waals surface area contributed by atoms with Gasteiger partial charge in [0.15, 0.2) is 9.84 Å². The van der Waals surface area contributed by atoms with Crippen LogP contribution in [0.2, 0.25) is 0 Å². The van der Waals surface area contributed by atoms with Gasteiger partial charge in [0.2, 0.25) is 0 Å². The number of nitrogens with one attached hydrogen (secondary N) is 1. The fourth-order valence-corrected chi connectivity index (χ4v) is 3.43. The summed E-state index contributed by atoms with van der Waals surface area (Å²) < 4.78 is 28.7. The molecule has 0 aromatic rings. The maximum atomic E-state index is 11.9. The quantitative estimate of drug-likeness (QED) is 0.604. The molecule has 0 aromatic heterocycles. The van der Waals surface area contributed by atoms with Crippen LogP contribution < -0.4 is 5.32 Å². The smallest absolute Gasteiger partial charge is 0.159 e. The van der Waals surface area contributed by atoms with Crippen molar-refractivity contribution in [3.8, 4) is 0 Å². The maximum Gasteiger partial charge on any atom is 0.159 e. The summed E-state index contributed by atoms with van der Waals surface area (Å²) in [4.78, 5) is 0. The van der Waals surface area contributed by atoms with Crippen molar-refractivity contribution in [1.29, 1.82) is 0 Å². The lowest BCUT2D eigenvalue weighted by Gasteiger charge is -2.23. The summed E-state index contributed by atoms with van der Waals surface area (Å²) in [5.74, 6) is 0.816. The molecule has 5 heteroatoms. The Morgan fingerprint density at radius 3 is 2.71 bits per heavy atom. The summed E-state index contributed by atoms with van der Waals surface area (Å²) in [6.07, 6.45) is 5.08. The summed E-state index contributed by atoms with van der Waals surface area (Å²) in [7, 11) is -1.46. The van der Waals surface area contributed by atoms with Crippen molar-refractivity contribution in [2.75, 3.05) is 26.0 Å². The molecule has 1 N–H and O–H groups in total. The molecule has 0 saturated carbocycles. The molecule has 96 valence electrons. The molecular weight excluding hydrogens is 238 g/mol. The largest absolute Gasteiger partial charge is 0.497 e. The van der Waals surface area contributed by atoms with Crippen LogP contribution in [0, 0.1) is 0 Å². The second-order valence-corrected chi connectivity index (χ2v) is 6.25. The van der Waals surface area contributed by atoms with E-state index in [1.165, 1.54) is 0 Å². The third-order valence-corrected chi connectivity index (χ3v) is 4.96. The van der Waals surface area contributed by atoms with Gasteiger partial charge in [0.25, 0.3) is 0 Å². The molecule has 1 heterocycles. The standard InChI is InChI=1S/C12H19NO3S/c1-4-11(16-3)6-5-10(2)12-9-13-7-8-17(12,14)15/h4-6,12-13H,1,7-9H2,2-3H3/b10-5+,11-6+. The van der Waals surface area contributed by atoms with E-state index in [-0.39, 0.29) is 5.75 Å². The van der Waals surface area contributed by atoms with Crippen LogP contribution in [0.25, 0.3) is 0 Å². The first-order valence-electron chi connectivity index (χ1n) is 5.48. The minimum atomic E-state index is -3.01. The Morgan fingerprint density at radius 1 is 1.47 bits per heavy atom. The molecule has 4 nitrogen and oxygen atoms in total. The summed E-state index contributed by atoms with van der Waals surface area (Å²) in [5.41, 5.74) is 0.814. The third kappa shape index (κ3) is 3.71. The zero-order valence-electron chi connectivity index (χ0n) is 10.3. The third-order valence-electron chi connectivity index (χ3n) is 2.78. The molecule has 1 fully saturated rings. The van der Waals surface area contributed by atoms with Gasteiger partial charge >= 0.3 is 0 Å². The van der Waals surface area contributed by atoms with Crippen molar-refractivity contribution in [2.24, 2.45) is 0 Å². The van der Waals surface area contributed by atoms with E-state index >= 15 is 0 Å². The molecule has 0 radical (unpaired) electrons. The van der Waals surface area contributed by atoms with Gasteiger partial charge in [0.1, 0.15) is 5.76 Å². The number of allylic oxidation sites excluding steroid dienone is 3. The summed E-state index contributed by atoms with van der Waals surface area (Å²) in [5, 5.41) is 2.66. The highest BCUT2D eigenvalue weighted by Gasteiger charge is 2.29. The normalized spacial score (nSPS) is 25.4. The van der Waals surface area contributed by atoms with Crippen molar-refractivity contribution in [1.82, 2.24) is 5.32 Å². The van der Waals surface area contributed by atoms with Crippen LogP contribution in [-0.2, 0) is 14.6 Å². The van der Waals surface area contributed by atoms with Crippen molar-refractivity contribution in [3.05, 3.63) is 36.1 Å². The first-order valence-corrected chi connectivity index (χ1v) is 7.20. The number of rotatable bonds is 4. The van der Waals surface area contributed by atoms with Gasteiger partial charge in [-0.1, -0.05) is 18.2 Å². The highest BCUT2D eigenvalue weighted by molar-refractivity contribution is 7.92. The first kappa shape index (κ1) is 14.0. The zero-order valence-corrected chi connectivity index (χ0v) is 11.1. The van der Waals surface area contributed by atoms with E-state index in [1.807, 2.05) is 6.92 Å². The number of ether oxygens (including phenoxy) is 1. The Balaban J connectivity index is 2.88. The van der Waals surface area contributed by atoms with Gasteiger partial charge in [0, 0.05) is 13.1 Å². The number of hydrogen-bond donors (Lipinski definition) is 1. The van der Waals surface area contributed by atoms with Crippen LogP contribution >= 0.6 is 0 Å². The van der Waals surface area contributed by atoms with E-state index in [0.717, 1.165) is 5.57 Å². The zero-order chi connectivity index (χ0) is 12.9. The predicted octanol–water partition coefficient (Wildman–Crippen LogP) is 1.04. The van der Waals surface area contributed by atoms with E-state index in [1.54, 1.807) is 25.3 Å². The van der Waals surface area contributed by atoms with Gasteiger partial charge in [-0.3, -0.25) is 0 Å². The van der Waals surface area contributed by atoms with E-state index in [2.05, 4.69) is 11.9 Å². The van der Waals surface area contributed by atoms with Gasteiger partial charge in [-0.2, -0.15) is 0 Å². The van der Waals surface area contributed by atoms with Crippen LogP contribution in [0.1, 0.15) is 6.92 Å². The van der Waals surface area contributed by atoms with Gasteiger partial charge in [-0.25, -0.2) is 8.42 Å². The monoisotopic (exact) mass is 257 g/mol. The van der Waals surface area contributed by atoms with Crippen molar-refractivity contribution in [2.45, 2.75) is 12.2 Å². The molecule has 1 atom stereocenters. The van der Waals surface area contributed by atoms with Crippen LogP contribution in [0.3, 0.4) is 0 Å². The molecule has 1 aliphatic heterocycles. The lowest BCUT2D eigenvalue weighted by atomic mass is 10.2. The van der Waals surface area contributed by atoms with Crippen molar-refractivity contribution < 1.29 is 13.2 Å². The average Bonchev–Trinajstić information content (AvgIpc) is 2.29. The van der Waals surface area contributed by atoms with E-state index in [0.29, 0.717) is 18.8 Å². The highest BCUT2D eigenvalue weighted by Crippen LogP contribution is 2.15. The molecular formula is C12H19NO3S. The van der Waals surface area contributed by atoms with Crippen molar-refractivity contribution >= 4 is 9.84 Å². The molecule has 1 rings (SSSR count). The summed E-state index contributed by atoms with van der Waals surface area (Å²) in [6, 6.07) is 0. The molecule has 0 amide bonds. The molecule has 17 heavy (non-hydrogen) atoms. The number of sulfone groups is 1. The van der Waals surface area contributed by atoms with Crippen LogP contribution in [0.4, 0.5) is 0 Å². The number of methoxy groups -OCH3 is 1. The molecule has 1 unspecified atom stereocenters. The highest BCUT2D eigenvalue weighted by atomic mass is 32.2. The Morgan fingerprint density at radius 2 is 2.18 bits per heavy atom. The Bertz CT molecular complexity index is 435. The fraction of sp³-hybridized carbons (Fsp3) is 0.500. The van der Waals surface area contributed by atoms with Gasteiger partial charge in [0.05, 0.1) is 18.1 Å². The minimum absolute atomic E-state index is 0.200. The van der Waals surface area contributed by atoms with Crippen LogP contribution in [-0.4, -0.2) is 39.6 Å². The lowest BCUT2D eigenvalue weighted by molar-refractivity contribution is 0.307. The Kier molecular flexibility index (Phi) is 4.96. The van der Waals surface area contributed by atoms with Crippen LogP contribution in [0.15, 0.2) is 36.1 Å². The van der Waals surface area contributed by atoms with Gasteiger partial charge in [-0.05, 0) is 19.1 Å². The average molecular weight is 257 g/mol. The molecule has 0 aliphatic carbocycles. The SMILES string of the molecule is C=C/C(=C\C=C(/C)C1CNCCS1(=O)=O)OC. The second-order valence-electron chi connectivity index (χ2n) is 3.95. The molecule has 1 aliphatic rings. The maximum absolute atomic E-state index is 11.9. The molecule has 0 aromatic carbocycles. The van der Waals surface area contributed by atoms with Gasteiger partial charge in [-0.15, -0.1) is 0 Å². The minimum Gasteiger partial charge on any atom is -0.497 e. The van der Waals surface area contributed by atoms with E-state index in [4.69, 9.17) is 4.74 Å². The molecule has 1 saturated heterocycles. The second kappa shape index (κ2) is 6.02. The summed E-state index contributed by atoms with van der Waals surface area (Å²) >= 11 is 0. The van der Waals surface area contributed by atoms with E-state index in [9.17, 15) is 8.42 Å². The number of hydrogen-bond acceptors (Lipinski definition) is 4. The van der Waals surface area contributed by atoms with Gasteiger partial charge < -0.3 is 10.1 Å².